The van der Waals surface area contributed by atoms with Crippen molar-refractivity contribution >= 4 is 23.2 Å². The van der Waals surface area contributed by atoms with Crippen LogP contribution in [0.15, 0.2) is 52.3 Å². The van der Waals surface area contributed by atoms with Gasteiger partial charge in [0.2, 0.25) is 5.91 Å². The van der Waals surface area contributed by atoms with Gasteiger partial charge in [-0.1, -0.05) is 13.3 Å². The molecule has 0 bridgehead atoms. The minimum Gasteiger partial charge on any atom is -0.451 e. The Bertz CT molecular complexity index is 1040. The van der Waals surface area contributed by atoms with Gasteiger partial charge in [-0.15, -0.1) is 11.3 Å². The molecule has 0 aliphatic carbocycles. The third-order valence-electron chi connectivity index (χ3n) is 5.26. The summed E-state index contributed by atoms with van der Waals surface area (Å²) in [5.41, 5.74) is 1.87. The molecule has 1 aliphatic rings. The maximum atomic E-state index is 13.1. The summed E-state index contributed by atoms with van der Waals surface area (Å²) >= 11 is 1.73. The van der Waals surface area contributed by atoms with Crippen LogP contribution in [-0.4, -0.2) is 29.3 Å². The molecule has 0 spiro atoms. The van der Waals surface area contributed by atoms with Gasteiger partial charge in [-0.3, -0.25) is 9.59 Å². The summed E-state index contributed by atoms with van der Waals surface area (Å²) in [5.74, 6) is -0.228. The minimum atomic E-state index is -0.595. The lowest BCUT2D eigenvalue weighted by atomic mass is 10.1. The molecule has 5 nitrogen and oxygen atoms in total. The molecule has 7 heteroatoms. The first-order valence-corrected chi connectivity index (χ1v) is 10.9. The van der Waals surface area contributed by atoms with Crippen LogP contribution in [0, 0.1) is 5.82 Å². The Morgan fingerprint density at radius 2 is 2.00 bits per heavy atom. The number of benzene rings is 1. The van der Waals surface area contributed by atoms with E-state index in [1.54, 1.807) is 35.6 Å². The molecule has 4 rings (SSSR count). The summed E-state index contributed by atoms with van der Waals surface area (Å²) in [6.45, 7) is 3.24. The van der Waals surface area contributed by atoms with Gasteiger partial charge < -0.3 is 14.6 Å². The maximum absolute atomic E-state index is 13.1. The van der Waals surface area contributed by atoms with E-state index in [9.17, 15) is 14.0 Å². The minimum absolute atomic E-state index is 0.0626. The molecule has 1 aromatic carbocycles. The number of carbonyl (C=O) groups excluding carboxylic acids is 2. The van der Waals surface area contributed by atoms with Crippen molar-refractivity contribution in [2.75, 3.05) is 6.54 Å². The summed E-state index contributed by atoms with van der Waals surface area (Å²) in [7, 11) is 0. The van der Waals surface area contributed by atoms with Gasteiger partial charge in [0.05, 0.1) is 0 Å². The van der Waals surface area contributed by atoms with Crippen molar-refractivity contribution in [1.82, 2.24) is 10.2 Å². The average molecular weight is 427 g/mol. The molecule has 30 heavy (non-hydrogen) atoms. The highest BCUT2D eigenvalue weighted by molar-refractivity contribution is 7.10. The number of rotatable bonds is 6. The molecule has 0 saturated carbocycles. The second-order valence-electron chi connectivity index (χ2n) is 7.36. The van der Waals surface area contributed by atoms with Crippen molar-refractivity contribution in [3.63, 3.8) is 0 Å². The van der Waals surface area contributed by atoms with Gasteiger partial charge in [0.25, 0.3) is 5.91 Å². The van der Waals surface area contributed by atoms with Crippen molar-refractivity contribution in [3.8, 4) is 11.3 Å². The topological polar surface area (TPSA) is 62.6 Å². The molecular weight excluding hydrogens is 403 g/mol. The number of fused-ring (bicyclic) bond motifs is 1. The average Bonchev–Trinajstić information content (AvgIpc) is 3.42. The fourth-order valence-corrected chi connectivity index (χ4v) is 4.55. The zero-order valence-electron chi connectivity index (χ0n) is 16.7. The van der Waals surface area contributed by atoms with Crippen LogP contribution in [0.3, 0.4) is 0 Å². The van der Waals surface area contributed by atoms with E-state index >= 15 is 0 Å². The SMILES string of the molecule is CCCC(NC(=O)c1ccc(-c2ccc(F)cc2)o1)C(=O)N1CCc2sccc2C1. The summed E-state index contributed by atoms with van der Waals surface area (Å²) < 4.78 is 18.8. The van der Waals surface area contributed by atoms with Crippen LogP contribution >= 0.6 is 11.3 Å². The second kappa shape index (κ2) is 8.83. The number of thiophene rings is 1. The predicted molar refractivity (Wildman–Crippen MR) is 114 cm³/mol. The van der Waals surface area contributed by atoms with Crippen molar-refractivity contribution in [2.24, 2.45) is 0 Å². The van der Waals surface area contributed by atoms with Crippen LogP contribution in [0.5, 0.6) is 0 Å². The standard InChI is InChI=1S/C23H23FN2O3S/c1-2-3-18(23(28)26-12-10-21-16(14-26)11-13-30-21)25-22(27)20-9-8-19(29-20)15-4-6-17(24)7-5-15/h4-9,11,13,18H,2-3,10,12,14H2,1H3,(H,25,27). The van der Waals surface area contributed by atoms with Crippen LogP contribution in [0.25, 0.3) is 11.3 Å². The van der Waals surface area contributed by atoms with E-state index in [2.05, 4.69) is 16.8 Å². The molecule has 1 N–H and O–H groups in total. The third kappa shape index (κ3) is 4.31. The van der Waals surface area contributed by atoms with Gasteiger partial charge in [-0.25, -0.2) is 4.39 Å². The largest absolute Gasteiger partial charge is 0.451 e. The smallest absolute Gasteiger partial charge is 0.287 e. The molecule has 3 aromatic rings. The summed E-state index contributed by atoms with van der Waals surface area (Å²) in [4.78, 5) is 29.0. The van der Waals surface area contributed by atoms with E-state index in [0.29, 0.717) is 30.8 Å². The summed E-state index contributed by atoms with van der Waals surface area (Å²) in [6.07, 6.45) is 2.18. The van der Waals surface area contributed by atoms with Gasteiger partial charge in [-0.2, -0.15) is 0 Å². The molecule has 3 heterocycles. The van der Waals surface area contributed by atoms with Crippen LogP contribution in [0.1, 0.15) is 40.8 Å². The van der Waals surface area contributed by atoms with Crippen molar-refractivity contribution < 1.29 is 18.4 Å². The first-order chi connectivity index (χ1) is 14.5. The maximum Gasteiger partial charge on any atom is 0.287 e. The quantitative estimate of drug-likeness (QED) is 0.625. The Labute approximate surface area is 178 Å². The number of hydrogen-bond acceptors (Lipinski definition) is 4. The lowest BCUT2D eigenvalue weighted by Crippen LogP contribution is -2.49. The second-order valence-corrected chi connectivity index (χ2v) is 8.36. The van der Waals surface area contributed by atoms with Gasteiger partial charge in [0.1, 0.15) is 17.6 Å². The summed E-state index contributed by atoms with van der Waals surface area (Å²) in [6, 6.07) is 10.6. The highest BCUT2D eigenvalue weighted by Gasteiger charge is 2.29. The first-order valence-electron chi connectivity index (χ1n) is 10.1. The van der Waals surface area contributed by atoms with Crippen LogP contribution in [0.2, 0.25) is 0 Å². The van der Waals surface area contributed by atoms with Crippen molar-refractivity contribution in [1.29, 1.82) is 0 Å². The van der Waals surface area contributed by atoms with Gasteiger partial charge >= 0.3 is 0 Å². The van der Waals surface area contributed by atoms with Gasteiger partial charge in [0, 0.05) is 23.5 Å². The molecule has 0 saturated heterocycles. The molecular formula is C23H23FN2O3S. The molecule has 2 amide bonds. The fourth-order valence-electron chi connectivity index (χ4n) is 3.66. The number of amides is 2. The number of halogens is 1. The van der Waals surface area contributed by atoms with E-state index < -0.39 is 11.9 Å². The van der Waals surface area contributed by atoms with E-state index in [1.165, 1.54) is 22.6 Å². The Balaban J connectivity index is 1.44. The molecule has 1 unspecified atom stereocenters. The Hall–Kier alpha value is -2.93. The van der Waals surface area contributed by atoms with Crippen molar-refractivity contribution in [3.05, 3.63) is 69.9 Å². The Kier molecular flexibility index (Phi) is 5.99. The lowest BCUT2D eigenvalue weighted by Gasteiger charge is -2.30. The lowest BCUT2D eigenvalue weighted by molar-refractivity contribution is -0.134. The molecule has 1 aliphatic heterocycles. The van der Waals surface area contributed by atoms with Crippen LogP contribution < -0.4 is 5.32 Å². The van der Waals surface area contributed by atoms with Crippen LogP contribution in [-0.2, 0) is 17.8 Å². The predicted octanol–water partition coefficient (Wildman–Crippen LogP) is 4.63. The van der Waals surface area contributed by atoms with Crippen LogP contribution in [0.4, 0.5) is 4.39 Å². The summed E-state index contributed by atoms with van der Waals surface area (Å²) in [5, 5.41) is 4.90. The molecule has 1 atom stereocenters. The molecule has 2 aromatic heterocycles. The number of hydrogen-bond donors (Lipinski definition) is 1. The number of nitrogens with one attached hydrogen (secondary N) is 1. The zero-order chi connectivity index (χ0) is 21.1. The fraction of sp³-hybridized carbons (Fsp3) is 0.304. The third-order valence-corrected chi connectivity index (χ3v) is 6.28. The van der Waals surface area contributed by atoms with E-state index in [0.717, 1.165) is 12.8 Å². The number of nitrogens with zero attached hydrogens (tertiary/aromatic N) is 1. The zero-order valence-corrected chi connectivity index (χ0v) is 17.5. The van der Waals surface area contributed by atoms with Gasteiger partial charge in [0.15, 0.2) is 5.76 Å². The Morgan fingerprint density at radius 1 is 1.20 bits per heavy atom. The Morgan fingerprint density at radius 3 is 2.77 bits per heavy atom. The highest BCUT2D eigenvalue weighted by Crippen LogP contribution is 2.25. The van der Waals surface area contributed by atoms with E-state index in [4.69, 9.17) is 4.42 Å². The number of furan rings is 1. The number of carbonyl (C=O) groups is 2. The first kappa shape index (κ1) is 20.3. The van der Waals surface area contributed by atoms with Gasteiger partial charge in [-0.05, 0) is 66.2 Å². The molecule has 156 valence electrons. The highest BCUT2D eigenvalue weighted by atomic mass is 32.1. The molecule has 0 radical (unpaired) electrons. The monoisotopic (exact) mass is 426 g/mol. The van der Waals surface area contributed by atoms with E-state index in [1.807, 2.05) is 11.8 Å². The normalized spacial score (nSPS) is 14.3. The van der Waals surface area contributed by atoms with Crippen molar-refractivity contribution in [2.45, 2.75) is 38.8 Å². The molecule has 0 fully saturated rings. The van der Waals surface area contributed by atoms with E-state index in [-0.39, 0.29) is 17.5 Å².